The van der Waals surface area contributed by atoms with Gasteiger partial charge in [-0.25, -0.2) is 9.97 Å². The fourth-order valence-electron chi connectivity index (χ4n) is 2.14. The van der Waals surface area contributed by atoms with Crippen LogP contribution in [0, 0.1) is 0 Å². The van der Waals surface area contributed by atoms with Crippen molar-refractivity contribution in [3.63, 3.8) is 0 Å². The first-order valence-corrected chi connectivity index (χ1v) is 5.58. The van der Waals surface area contributed by atoms with Gasteiger partial charge in [-0.1, -0.05) is 0 Å². The number of imidazole rings is 1. The van der Waals surface area contributed by atoms with Gasteiger partial charge < -0.3 is 15.2 Å². The fraction of sp³-hybridized carbons (Fsp3) is 0.455. The minimum absolute atomic E-state index is 0.472. The molecule has 0 saturated carbocycles. The summed E-state index contributed by atoms with van der Waals surface area (Å²) in [6.45, 7) is 2.08. The average Bonchev–Trinajstić information content (AvgIpc) is 2.90. The first-order chi connectivity index (χ1) is 7.84. The van der Waals surface area contributed by atoms with Crippen molar-refractivity contribution in [3.05, 3.63) is 18.6 Å². The first kappa shape index (κ1) is 9.59. The predicted molar refractivity (Wildman–Crippen MR) is 63.4 cm³/mol. The summed E-state index contributed by atoms with van der Waals surface area (Å²) in [5.74, 6) is 0.895. The number of hydrogen-bond donors (Lipinski definition) is 2. The summed E-state index contributed by atoms with van der Waals surface area (Å²) < 4.78 is 2.01. The van der Waals surface area contributed by atoms with Gasteiger partial charge in [0.05, 0.1) is 11.8 Å². The van der Waals surface area contributed by atoms with Crippen LogP contribution in [0.2, 0.25) is 0 Å². The van der Waals surface area contributed by atoms with E-state index in [1.165, 1.54) is 0 Å². The van der Waals surface area contributed by atoms with Gasteiger partial charge in [-0.2, -0.15) is 0 Å². The lowest BCUT2D eigenvalue weighted by molar-refractivity contribution is 0.789. The highest BCUT2D eigenvalue weighted by molar-refractivity contribution is 5.85. The molecule has 0 amide bonds. The minimum atomic E-state index is 0.472. The largest absolute Gasteiger partial charge is 0.364 e. The topological polar surface area (TPSA) is 54.8 Å². The van der Waals surface area contributed by atoms with E-state index in [0.29, 0.717) is 6.04 Å². The number of aryl methyl sites for hydroxylation is 1. The van der Waals surface area contributed by atoms with Crippen molar-refractivity contribution in [3.8, 4) is 0 Å². The Morgan fingerprint density at radius 1 is 1.50 bits per heavy atom. The Bertz CT molecular complexity index is 498. The van der Waals surface area contributed by atoms with Crippen molar-refractivity contribution >= 4 is 16.9 Å². The van der Waals surface area contributed by atoms with Gasteiger partial charge in [-0.05, 0) is 19.0 Å². The lowest BCUT2D eigenvalue weighted by Gasteiger charge is -2.11. The lowest BCUT2D eigenvalue weighted by Crippen LogP contribution is -2.22. The molecule has 1 aliphatic rings. The molecule has 3 rings (SSSR count). The smallest absolute Gasteiger partial charge is 0.154 e. The van der Waals surface area contributed by atoms with E-state index in [9.17, 15) is 0 Å². The van der Waals surface area contributed by atoms with Gasteiger partial charge in [0.15, 0.2) is 5.82 Å². The van der Waals surface area contributed by atoms with Crippen molar-refractivity contribution in [1.82, 2.24) is 19.9 Å². The molecule has 0 radical (unpaired) electrons. The van der Waals surface area contributed by atoms with E-state index in [2.05, 4.69) is 20.6 Å². The Morgan fingerprint density at radius 2 is 2.44 bits per heavy atom. The van der Waals surface area contributed by atoms with Crippen LogP contribution in [-0.4, -0.2) is 33.7 Å². The van der Waals surface area contributed by atoms with Gasteiger partial charge in [0.2, 0.25) is 0 Å². The number of nitrogens with zero attached hydrogens (tertiary/aromatic N) is 3. The Kier molecular flexibility index (Phi) is 2.25. The summed E-state index contributed by atoms with van der Waals surface area (Å²) in [5.41, 5.74) is 2.07. The molecule has 1 atom stereocenters. The van der Waals surface area contributed by atoms with Crippen LogP contribution in [0.4, 0.5) is 5.82 Å². The van der Waals surface area contributed by atoms with Gasteiger partial charge in [0.1, 0.15) is 5.52 Å². The third-order valence-electron chi connectivity index (χ3n) is 3.04. The zero-order valence-electron chi connectivity index (χ0n) is 9.27. The van der Waals surface area contributed by atoms with E-state index in [1.54, 1.807) is 0 Å². The third-order valence-corrected chi connectivity index (χ3v) is 3.04. The van der Waals surface area contributed by atoms with E-state index in [1.807, 2.05) is 30.2 Å². The number of fused-ring (bicyclic) bond motifs is 1. The van der Waals surface area contributed by atoms with Crippen molar-refractivity contribution in [2.45, 2.75) is 12.5 Å². The van der Waals surface area contributed by atoms with Crippen molar-refractivity contribution in [2.75, 3.05) is 18.4 Å². The summed E-state index contributed by atoms with van der Waals surface area (Å²) >= 11 is 0. The Morgan fingerprint density at radius 3 is 3.25 bits per heavy atom. The number of pyridine rings is 1. The second kappa shape index (κ2) is 3.75. The quantitative estimate of drug-likeness (QED) is 0.779. The molecule has 3 heterocycles. The molecule has 1 unspecified atom stereocenters. The first-order valence-electron chi connectivity index (χ1n) is 5.58. The van der Waals surface area contributed by atoms with Crippen LogP contribution in [0.15, 0.2) is 18.6 Å². The molecule has 0 aliphatic carbocycles. The number of anilines is 1. The summed E-state index contributed by atoms with van der Waals surface area (Å²) in [6, 6.07) is 2.46. The molecule has 1 fully saturated rings. The number of hydrogen-bond acceptors (Lipinski definition) is 4. The Hall–Kier alpha value is -1.62. The highest BCUT2D eigenvalue weighted by atomic mass is 15.1. The molecule has 2 aromatic heterocycles. The molecular weight excluding hydrogens is 202 g/mol. The second-order valence-corrected chi connectivity index (χ2v) is 4.22. The van der Waals surface area contributed by atoms with Crippen LogP contribution in [0.25, 0.3) is 11.0 Å². The average molecular weight is 217 g/mol. The van der Waals surface area contributed by atoms with Crippen molar-refractivity contribution < 1.29 is 0 Å². The maximum Gasteiger partial charge on any atom is 0.154 e. The molecule has 16 heavy (non-hydrogen) atoms. The van der Waals surface area contributed by atoms with E-state index in [-0.39, 0.29) is 0 Å². The van der Waals surface area contributed by atoms with E-state index < -0.39 is 0 Å². The second-order valence-electron chi connectivity index (χ2n) is 4.22. The highest BCUT2D eigenvalue weighted by Gasteiger charge is 2.16. The molecular formula is C11H15N5. The molecule has 84 valence electrons. The van der Waals surface area contributed by atoms with Crippen LogP contribution in [0.3, 0.4) is 0 Å². The summed E-state index contributed by atoms with van der Waals surface area (Å²) in [6.07, 6.45) is 4.80. The van der Waals surface area contributed by atoms with Gasteiger partial charge >= 0.3 is 0 Å². The highest BCUT2D eigenvalue weighted by Crippen LogP contribution is 2.20. The molecule has 0 aromatic carbocycles. The molecule has 0 spiro atoms. The third kappa shape index (κ3) is 1.53. The van der Waals surface area contributed by atoms with Crippen molar-refractivity contribution in [1.29, 1.82) is 0 Å². The predicted octanol–water partition coefficient (Wildman–Crippen LogP) is 0.742. The molecule has 5 heteroatoms. The van der Waals surface area contributed by atoms with E-state index in [4.69, 9.17) is 0 Å². The molecule has 1 saturated heterocycles. The molecule has 5 nitrogen and oxygen atoms in total. The normalized spacial score (nSPS) is 20.4. The van der Waals surface area contributed by atoms with Crippen molar-refractivity contribution in [2.24, 2.45) is 7.05 Å². The summed E-state index contributed by atoms with van der Waals surface area (Å²) in [5, 5.41) is 6.78. The maximum absolute atomic E-state index is 4.38. The molecule has 2 aromatic rings. The zero-order chi connectivity index (χ0) is 11.0. The molecule has 1 aliphatic heterocycles. The van der Waals surface area contributed by atoms with Crippen LogP contribution in [-0.2, 0) is 7.05 Å². The standard InChI is InChI=1S/C11H15N5/c1-16-7-14-10-9(16)3-5-13-11(10)15-8-2-4-12-6-8/h3,5,7-8,12H,2,4,6H2,1H3,(H,13,15). The lowest BCUT2D eigenvalue weighted by atomic mass is 10.2. The molecule has 2 N–H and O–H groups in total. The molecule has 0 bridgehead atoms. The number of rotatable bonds is 2. The monoisotopic (exact) mass is 217 g/mol. The minimum Gasteiger partial charge on any atom is -0.364 e. The maximum atomic E-state index is 4.38. The van der Waals surface area contributed by atoms with Gasteiger partial charge in [-0.3, -0.25) is 0 Å². The van der Waals surface area contributed by atoms with Crippen LogP contribution in [0.5, 0.6) is 0 Å². The summed E-state index contributed by atoms with van der Waals surface area (Å²) in [4.78, 5) is 8.75. The SMILES string of the molecule is Cn1cnc2c(NC3CCNC3)nccc21. The number of nitrogens with one attached hydrogen (secondary N) is 2. The Labute approximate surface area is 93.9 Å². The zero-order valence-corrected chi connectivity index (χ0v) is 9.27. The van der Waals surface area contributed by atoms with Crippen LogP contribution >= 0.6 is 0 Å². The number of aromatic nitrogens is 3. The van der Waals surface area contributed by atoms with E-state index in [0.717, 1.165) is 36.4 Å². The fourth-order valence-corrected chi connectivity index (χ4v) is 2.14. The van der Waals surface area contributed by atoms with Gasteiger partial charge in [-0.15, -0.1) is 0 Å². The Balaban J connectivity index is 1.96. The van der Waals surface area contributed by atoms with Crippen LogP contribution in [0.1, 0.15) is 6.42 Å². The van der Waals surface area contributed by atoms with Gasteiger partial charge in [0, 0.05) is 25.8 Å². The van der Waals surface area contributed by atoms with E-state index >= 15 is 0 Å². The summed E-state index contributed by atoms with van der Waals surface area (Å²) in [7, 11) is 2.00. The van der Waals surface area contributed by atoms with Crippen LogP contribution < -0.4 is 10.6 Å². The van der Waals surface area contributed by atoms with Gasteiger partial charge in [0.25, 0.3) is 0 Å².